The number of carbonyl (C=O) groups is 3. The molecule has 0 aliphatic carbocycles. The van der Waals surface area contributed by atoms with Gasteiger partial charge in [0, 0.05) is 12.8 Å². The molecule has 0 aliphatic heterocycles. The third kappa shape index (κ3) is 46.3. The van der Waals surface area contributed by atoms with Gasteiger partial charge in [-0.05, 0) is 89.9 Å². The van der Waals surface area contributed by atoms with Crippen LogP contribution in [0.1, 0.15) is 181 Å². The van der Waals surface area contributed by atoms with Gasteiger partial charge in [-0.1, -0.05) is 163 Å². The number of likely N-dealkylation sites (N-methyl/N-ethyl adjacent to an activating group) is 1. The molecule has 0 aromatic rings. The Balaban J connectivity index is 4.40. The van der Waals surface area contributed by atoms with Crippen LogP contribution in [-0.4, -0.2) is 82.3 Å². The molecule has 9 nitrogen and oxygen atoms in total. The van der Waals surface area contributed by atoms with Crippen LogP contribution in [0.15, 0.2) is 85.1 Å². The van der Waals surface area contributed by atoms with Crippen molar-refractivity contribution in [2.75, 3.05) is 47.5 Å². The zero-order valence-electron chi connectivity index (χ0n) is 40.7. The molecule has 2 unspecified atom stereocenters. The number of nitrogens with zero attached hydrogens (tertiary/aromatic N) is 1. The summed E-state index contributed by atoms with van der Waals surface area (Å²) in [4.78, 5) is 37.1. The first-order valence-corrected chi connectivity index (χ1v) is 24.7. The maximum absolute atomic E-state index is 12.8. The Labute approximate surface area is 385 Å². The Bertz CT molecular complexity index is 1300. The fraction of sp³-hybridized carbons (Fsp3) is 0.685. The second kappa shape index (κ2) is 45.1. The topological polar surface area (TPSA) is 111 Å². The van der Waals surface area contributed by atoms with Gasteiger partial charge in [-0.25, -0.2) is 0 Å². The van der Waals surface area contributed by atoms with Crippen molar-refractivity contribution in [2.24, 2.45) is 0 Å². The Morgan fingerprint density at radius 1 is 0.492 bits per heavy atom. The lowest BCUT2D eigenvalue weighted by atomic mass is 10.1. The van der Waals surface area contributed by atoms with Crippen LogP contribution in [0.25, 0.3) is 0 Å². The van der Waals surface area contributed by atoms with Gasteiger partial charge >= 0.3 is 11.9 Å². The lowest BCUT2D eigenvalue weighted by Gasteiger charge is -2.26. The van der Waals surface area contributed by atoms with Gasteiger partial charge in [-0.3, -0.25) is 9.59 Å². The van der Waals surface area contributed by atoms with Crippen LogP contribution in [0.4, 0.5) is 0 Å². The summed E-state index contributed by atoms with van der Waals surface area (Å²) in [5.41, 5.74) is 0. The minimum absolute atomic E-state index is 0.139. The highest BCUT2D eigenvalue weighted by Crippen LogP contribution is 2.13. The summed E-state index contributed by atoms with van der Waals surface area (Å²) >= 11 is 0. The van der Waals surface area contributed by atoms with Gasteiger partial charge < -0.3 is 33.3 Å². The summed E-state index contributed by atoms with van der Waals surface area (Å²) in [6.45, 7) is 4.56. The molecule has 0 aromatic heterocycles. The molecule has 9 heteroatoms. The Kier molecular flexibility index (Phi) is 42.5. The number of unbranched alkanes of at least 4 members (excludes halogenated alkanes) is 15. The zero-order valence-corrected chi connectivity index (χ0v) is 40.7. The van der Waals surface area contributed by atoms with Gasteiger partial charge in [0.1, 0.15) is 13.2 Å². The number of hydrogen-bond donors (Lipinski definition) is 0. The van der Waals surface area contributed by atoms with Crippen LogP contribution in [0.2, 0.25) is 0 Å². The molecule has 63 heavy (non-hydrogen) atoms. The number of carboxylic acid groups (broad SMARTS) is 1. The van der Waals surface area contributed by atoms with E-state index in [0.717, 1.165) is 116 Å². The smallest absolute Gasteiger partial charge is 0.306 e. The van der Waals surface area contributed by atoms with Crippen molar-refractivity contribution in [2.45, 2.75) is 193 Å². The van der Waals surface area contributed by atoms with E-state index < -0.39 is 24.3 Å². The Hall–Kier alpha value is -3.53. The first kappa shape index (κ1) is 59.5. The van der Waals surface area contributed by atoms with E-state index in [0.29, 0.717) is 17.4 Å². The van der Waals surface area contributed by atoms with E-state index in [4.69, 9.17) is 18.9 Å². The molecule has 0 bridgehead atoms. The number of aliphatic carboxylic acids is 1. The van der Waals surface area contributed by atoms with E-state index in [9.17, 15) is 19.5 Å². The lowest BCUT2D eigenvalue weighted by molar-refractivity contribution is -0.870. The van der Waals surface area contributed by atoms with E-state index in [2.05, 4.69) is 98.9 Å². The first-order valence-electron chi connectivity index (χ1n) is 24.7. The molecule has 0 saturated heterocycles. The second-order valence-corrected chi connectivity index (χ2v) is 17.4. The molecule has 0 fully saturated rings. The molecule has 0 aromatic carbocycles. The van der Waals surface area contributed by atoms with E-state index in [-0.39, 0.29) is 38.6 Å². The van der Waals surface area contributed by atoms with Crippen molar-refractivity contribution in [1.82, 2.24) is 0 Å². The molecular formula is C54H91NO8. The lowest BCUT2D eigenvalue weighted by Crippen LogP contribution is -2.44. The number of esters is 2. The average molecular weight is 882 g/mol. The average Bonchev–Trinajstić information content (AvgIpc) is 3.24. The summed E-state index contributed by atoms with van der Waals surface area (Å²) in [5, 5.41) is 11.7. The number of quaternary nitrogens is 1. The molecule has 2 atom stereocenters. The van der Waals surface area contributed by atoms with Crippen LogP contribution < -0.4 is 5.11 Å². The minimum Gasteiger partial charge on any atom is -0.545 e. The van der Waals surface area contributed by atoms with E-state index in [1.807, 2.05) is 21.1 Å². The van der Waals surface area contributed by atoms with Crippen molar-refractivity contribution in [3.63, 3.8) is 0 Å². The van der Waals surface area contributed by atoms with E-state index in [1.54, 1.807) is 0 Å². The van der Waals surface area contributed by atoms with Gasteiger partial charge in [0.05, 0.1) is 40.3 Å². The molecule has 0 saturated carbocycles. The summed E-state index contributed by atoms with van der Waals surface area (Å²) in [6, 6.07) is 0. The first-order chi connectivity index (χ1) is 30.6. The maximum atomic E-state index is 12.8. The number of carboxylic acids is 1. The number of allylic oxidation sites excluding steroid dienone is 14. The second-order valence-electron chi connectivity index (χ2n) is 17.4. The SMILES string of the molecule is CC/C=C\C/C=C\C/C=C\C/C=C\C/C=C\C/C=C\CCCCCCCCC(=O)OC(COC(=O)CCCCCCC/C=C\CCCCCC)COC(OCC[N+](C)(C)C)C(=O)[O-]. The highest BCUT2D eigenvalue weighted by atomic mass is 16.7. The molecule has 360 valence electrons. The monoisotopic (exact) mass is 882 g/mol. The van der Waals surface area contributed by atoms with Gasteiger partial charge in [0.15, 0.2) is 12.4 Å². The van der Waals surface area contributed by atoms with Gasteiger partial charge in [0.2, 0.25) is 0 Å². The van der Waals surface area contributed by atoms with Gasteiger partial charge in [-0.2, -0.15) is 0 Å². The summed E-state index contributed by atoms with van der Waals surface area (Å²) in [7, 11) is 5.90. The number of hydrogen-bond acceptors (Lipinski definition) is 8. The maximum Gasteiger partial charge on any atom is 0.306 e. The van der Waals surface area contributed by atoms with Crippen LogP contribution in [-0.2, 0) is 33.3 Å². The fourth-order valence-electron chi connectivity index (χ4n) is 6.30. The predicted octanol–water partition coefficient (Wildman–Crippen LogP) is 12.3. The van der Waals surface area contributed by atoms with Gasteiger partial charge in [-0.15, -0.1) is 0 Å². The minimum atomic E-state index is -1.63. The highest BCUT2D eigenvalue weighted by Gasteiger charge is 2.21. The van der Waals surface area contributed by atoms with Crippen molar-refractivity contribution in [1.29, 1.82) is 0 Å². The molecule has 0 rings (SSSR count). The van der Waals surface area contributed by atoms with Crippen LogP contribution in [0.3, 0.4) is 0 Å². The quantitative estimate of drug-likeness (QED) is 0.0196. The highest BCUT2D eigenvalue weighted by molar-refractivity contribution is 5.70. The summed E-state index contributed by atoms with van der Waals surface area (Å²) in [5.74, 6) is -2.33. The van der Waals surface area contributed by atoms with Crippen LogP contribution >= 0.6 is 0 Å². The van der Waals surface area contributed by atoms with E-state index >= 15 is 0 Å². The molecule has 0 heterocycles. The Morgan fingerprint density at radius 3 is 1.37 bits per heavy atom. The van der Waals surface area contributed by atoms with Crippen LogP contribution in [0, 0.1) is 0 Å². The van der Waals surface area contributed by atoms with Crippen molar-refractivity contribution >= 4 is 17.9 Å². The molecular weight excluding hydrogens is 791 g/mol. The van der Waals surface area contributed by atoms with Crippen molar-refractivity contribution in [3.8, 4) is 0 Å². The third-order valence-electron chi connectivity index (χ3n) is 10.1. The molecule has 0 aliphatic rings. The molecule has 0 N–H and O–H groups in total. The number of ether oxygens (including phenoxy) is 4. The summed E-state index contributed by atoms with van der Waals surface area (Å²) in [6.07, 6.45) is 54.7. The molecule has 0 radical (unpaired) electrons. The third-order valence-corrected chi connectivity index (χ3v) is 10.1. The molecule has 0 spiro atoms. The predicted molar refractivity (Wildman–Crippen MR) is 260 cm³/mol. The van der Waals surface area contributed by atoms with Crippen molar-refractivity contribution < 1.29 is 42.9 Å². The fourth-order valence-corrected chi connectivity index (χ4v) is 6.30. The normalized spacial score (nSPS) is 13.6. The standard InChI is InChI=1S/C54H91NO8/c1-6-8-10-12-14-16-18-20-21-22-23-24-25-26-27-28-29-30-31-33-35-37-39-41-43-45-52(57)63-50(49-62-54(53(58)59)60-47-46-55(3,4)5)48-61-51(56)44-42-40-38-36-34-32-19-17-15-13-11-9-7-2/h8,10,14,16-17,19-21,23-24,26-27,29-30,50,54H,6-7,9,11-13,15,18,22,25,28,31-49H2,1-5H3/b10-8-,16-14-,19-17-,21-20-,24-23-,27-26-,30-29-. The van der Waals surface area contributed by atoms with Gasteiger partial charge in [0.25, 0.3) is 0 Å². The van der Waals surface area contributed by atoms with Crippen LogP contribution in [0.5, 0.6) is 0 Å². The largest absolute Gasteiger partial charge is 0.545 e. The zero-order chi connectivity index (χ0) is 46.3. The molecule has 0 amide bonds. The summed E-state index contributed by atoms with van der Waals surface area (Å²) < 4.78 is 22.6. The number of carbonyl (C=O) groups excluding carboxylic acids is 3. The Morgan fingerprint density at radius 2 is 0.905 bits per heavy atom. The number of rotatable bonds is 44. The van der Waals surface area contributed by atoms with E-state index in [1.165, 1.54) is 32.1 Å². The van der Waals surface area contributed by atoms with Crippen molar-refractivity contribution in [3.05, 3.63) is 85.1 Å².